The summed E-state index contributed by atoms with van der Waals surface area (Å²) < 4.78 is 6.59. The van der Waals surface area contributed by atoms with Gasteiger partial charge in [-0.25, -0.2) is 4.98 Å². The Kier molecular flexibility index (Phi) is 5.95. The molecule has 132 valence electrons. The monoisotopic (exact) mass is 377 g/mol. The topological polar surface area (TPSA) is 73.2 Å². The Hall–Kier alpha value is -2.03. The van der Waals surface area contributed by atoms with Crippen molar-refractivity contribution >= 4 is 38.8 Å². The SMILES string of the molecule is CCOCCCNC(=O)Cn1cnc2scc(-c3cccs3)c2c1=O. The van der Waals surface area contributed by atoms with Crippen molar-refractivity contribution in [2.75, 3.05) is 19.8 Å². The quantitative estimate of drug-likeness (QED) is 0.613. The third-order valence-electron chi connectivity index (χ3n) is 3.65. The zero-order chi connectivity index (χ0) is 17.6. The Labute approximate surface area is 153 Å². The molecule has 0 aliphatic carbocycles. The van der Waals surface area contributed by atoms with Crippen LogP contribution in [0, 0.1) is 0 Å². The van der Waals surface area contributed by atoms with E-state index in [0.717, 1.165) is 16.9 Å². The van der Waals surface area contributed by atoms with Gasteiger partial charge in [-0.2, -0.15) is 0 Å². The first kappa shape index (κ1) is 17.8. The van der Waals surface area contributed by atoms with Crippen LogP contribution in [-0.2, 0) is 16.1 Å². The fourth-order valence-electron chi connectivity index (χ4n) is 2.45. The maximum Gasteiger partial charge on any atom is 0.263 e. The summed E-state index contributed by atoms with van der Waals surface area (Å²) in [7, 11) is 0. The number of nitrogens with one attached hydrogen (secondary N) is 1. The average Bonchev–Trinajstić information content (AvgIpc) is 3.26. The Morgan fingerprint density at radius 1 is 1.40 bits per heavy atom. The molecule has 6 nitrogen and oxygen atoms in total. The van der Waals surface area contributed by atoms with Crippen LogP contribution in [0.5, 0.6) is 0 Å². The van der Waals surface area contributed by atoms with Gasteiger partial charge in [0.15, 0.2) is 0 Å². The summed E-state index contributed by atoms with van der Waals surface area (Å²) in [6.07, 6.45) is 2.19. The van der Waals surface area contributed by atoms with Crippen molar-refractivity contribution in [1.29, 1.82) is 0 Å². The second-order valence-electron chi connectivity index (χ2n) is 5.38. The number of ether oxygens (including phenoxy) is 1. The number of hydrogen-bond acceptors (Lipinski definition) is 6. The van der Waals surface area contributed by atoms with E-state index in [2.05, 4.69) is 10.3 Å². The van der Waals surface area contributed by atoms with Gasteiger partial charge in [0.2, 0.25) is 5.91 Å². The summed E-state index contributed by atoms with van der Waals surface area (Å²) in [5.74, 6) is -0.201. The fourth-order valence-corrected chi connectivity index (χ4v) is 4.17. The molecule has 0 aromatic carbocycles. The highest BCUT2D eigenvalue weighted by Crippen LogP contribution is 2.33. The van der Waals surface area contributed by atoms with Gasteiger partial charge < -0.3 is 10.1 Å². The van der Waals surface area contributed by atoms with E-state index in [-0.39, 0.29) is 18.0 Å². The average molecular weight is 377 g/mol. The second kappa shape index (κ2) is 8.37. The number of carbonyl (C=O) groups is 1. The summed E-state index contributed by atoms with van der Waals surface area (Å²) >= 11 is 3.02. The minimum absolute atomic E-state index is 0.0316. The van der Waals surface area contributed by atoms with Gasteiger partial charge in [-0.1, -0.05) is 6.07 Å². The van der Waals surface area contributed by atoms with E-state index in [0.29, 0.717) is 30.0 Å². The minimum Gasteiger partial charge on any atom is -0.382 e. The van der Waals surface area contributed by atoms with Crippen LogP contribution in [-0.4, -0.2) is 35.2 Å². The lowest BCUT2D eigenvalue weighted by Crippen LogP contribution is -2.33. The zero-order valence-electron chi connectivity index (χ0n) is 13.9. The van der Waals surface area contributed by atoms with Crippen LogP contribution in [0.25, 0.3) is 20.7 Å². The van der Waals surface area contributed by atoms with Crippen LogP contribution in [0.2, 0.25) is 0 Å². The van der Waals surface area contributed by atoms with Gasteiger partial charge in [0, 0.05) is 35.6 Å². The number of nitrogens with zero attached hydrogens (tertiary/aromatic N) is 2. The van der Waals surface area contributed by atoms with Gasteiger partial charge in [-0.3, -0.25) is 14.2 Å². The molecule has 0 radical (unpaired) electrons. The molecule has 3 rings (SSSR count). The Morgan fingerprint density at radius 2 is 2.28 bits per heavy atom. The van der Waals surface area contributed by atoms with Crippen molar-refractivity contribution in [3.05, 3.63) is 39.6 Å². The molecule has 8 heteroatoms. The van der Waals surface area contributed by atoms with Crippen LogP contribution in [0.1, 0.15) is 13.3 Å². The normalized spacial score (nSPS) is 11.1. The lowest BCUT2D eigenvalue weighted by atomic mass is 10.2. The van der Waals surface area contributed by atoms with E-state index >= 15 is 0 Å². The predicted octanol–water partition coefficient (Wildman–Crippen LogP) is 2.73. The summed E-state index contributed by atoms with van der Waals surface area (Å²) in [5, 5.41) is 7.31. The Bertz CT molecular complexity index is 900. The molecule has 0 saturated heterocycles. The van der Waals surface area contributed by atoms with Crippen molar-refractivity contribution in [2.45, 2.75) is 19.9 Å². The molecule has 3 heterocycles. The maximum absolute atomic E-state index is 12.8. The first-order chi connectivity index (χ1) is 12.2. The highest BCUT2D eigenvalue weighted by molar-refractivity contribution is 7.18. The molecule has 0 spiro atoms. The lowest BCUT2D eigenvalue weighted by Gasteiger charge is -2.07. The number of rotatable bonds is 8. The molecule has 3 aromatic rings. The molecule has 0 saturated carbocycles. The van der Waals surface area contributed by atoms with E-state index in [9.17, 15) is 9.59 Å². The number of hydrogen-bond donors (Lipinski definition) is 1. The number of thiophene rings is 2. The minimum atomic E-state index is -0.201. The van der Waals surface area contributed by atoms with Gasteiger partial charge in [0.1, 0.15) is 11.4 Å². The molecule has 25 heavy (non-hydrogen) atoms. The number of amides is 1. The van der Waals surface area contributed by atoms with Gasteiger partial charge >= 0.3 is 0 Å². The van der Waals surface area contributed by atoms with E-state index in [1.807, 2.05) is 29.8 Å². The molecular weight excluding hydrogens is 358 g/mol. The number of carbonyl (C=O) groups excluding carboxylic acids is 1. The molecular formula is C17H19N3O3S2. The van der Waals surface area contributed by atoms with Crippen LogP contribution in [0.4, 0.5) is 0 Å². The van der Waals surface area contributed by atoms with Crippen LogP contribution >= 0.6 is 22.7 Å². The van der Waals surface area contributed by atoms with Gasteiger partial charge in [-0.15, -0.1) is 22.7 Å². The highest BCUT2D eigenvalue weighted by Gasteiger charge is 2.15. The first-order valence-electron chi connectivity index (χ1n) is 8.05. The molecule has 1 N–H and O–H groups in total. The van der Waals surface area contributed by atoms with Gasteiger partial charge in [0.05, 0.1) is 11.7 Å². The zero-order valence-corrected chi connectivity index (χ0v) is 15.5. The molecule has 0 atom stereocenters. The molecule has 0 aliphatic rings. The van der Waals surface area contributed by atoms with Crippen molar-refractivity contribution in [1.82, 2.24) is 14.9 Å². The van der Waals surface area contributed by atoms with Gasteiger partial charge in [0.25, 0.3) is 5.56 Å². The second-order valence-corrected chi connectivity index (χ2v) is 7.19. The molecule has 0 fully saturated rings. The van der Waals surface area contributed by atoms with E-state index in [4.69, 9.17) is 4.74 Å². The number of aromatic nitrogens is 2. The standard InChI is InChI=1S/C17H19N3O3S2/c1-2-23-7-4-6-18-14(21)9-20-11-19-16-15(17(20)22)12(10-25-16)13-5-3-8-24-13/h3,5,8,10-11H,2,4,6-7,9H2,1H3,(H,18,21). The lowest BCUT2D eigenvalue weighted by molar-refractivity contribution is -0.121. The molecule has 0 unspecified atom stereocenters. The van der Waals surface area contributed by atoms with Gasteiger partial charge in [-0.05, 0) is 24.8 Å². The van der Waals surface area contributed by atoms with E-state index in [1.165, 1.54) is 22.2 Å². The van der Waals surface area contributed by atoms with E-state index < -0.39 is 0 Å². The maximum atomic E-state index is 12.8. The first-order valence-corrected chi connectivity index (χ1v) is 9.81. The number of fused-ring (bicyclic) bond motifs is 1. The summed E-state index contributed by atoms with van der Waals surface area (Å²) in [4.78, 5) is 30.9. The van der Waals surface area contributed by atoms with E-state index in [1.54, 1.807) is 11.3 Å². The Balaban J connectivity index is 1.74. The smallest absolute Gasteiger partial charge is 0.263 e. The van der Waals surface area contributed by atoms with Crippen LogP contribution in [0.3, 0.4) is 0 Å². The van der Waals surface area contributed by atoms with Crippen LogP contribution in [0.15, 0.2) is 34.0 Å². The largest absolute Gasteiger partial charge is 0.382 e. The molecule has 1 amide bonds. The van der Waals surface area contributed by atoms with Crippen molar-refractivity contribution in [3.63, 3.8) is 0 Å². The summed E-state index contributed by atoms with van der Waals surface area (Å²) in [6, 6.07) is 3.93. The molecule has 0 aliphatic heterocycles. The molecule has 0 bridgehead atoms. The third-order valence-corrected chi connectivity index (χ3v) is 5.44. The molecule has 3 aromatic heterocycles. The third kappa shape index (κ3) is 4.15. The van der Waals surface area contributed by atoms with Crippen molar-refractivity contribution in [3.8, 4) is 10.4 Å². The predicted molar refractivity (Wildman–Crippen MR) is 101 cm³/mol. The summed E-state index contributed by atoms with van der Waals surface area (Å²) in [6.45, 7) is 3.72. The highest BCUT2D eigenvalue weighted by atomic mass is 32.1. The van der Waals surface area contributed by atoms with Crippen molar-refractivity contribution < 1.29 is 9.53 Å². The Morgan fingerprint density at radius 3 is 3.04 bits per heavy atom. The van der Waals surface area contributed by atoms with Crippen LogP contribution < -0.4 is 10.9 Å². The summed E-state index contributed by atoms with van der Waals surface area (Å²) in [5.41, 5.74) is 0.707. The fraction of sp³-hybridized carbons (Fsp3) is 0.353. The van der Waals surface area contributed by atoms with Crippen molar-refractivity contribution in [2.24, 2.45) is 0 Å².